The second-order valence-electron chi connectivity index (χ2n) is 9.19. The summed E-state index contributed by atoms with van der Waals surface area (Å²) in [6.07, 6.45) is 8.16. The number of carbonyl (C=O) groups is 1. The van der Waals surface area contributed by atoms with E-state index in [1.165, 1.54) is 35.1 Å². The largest absolute Gasteiger partial charge is 0.345 e. The molecule has 10 heteroatoms. The fraction of sp³-hybridized carbons (Fsp3) is 0.308. The summed E-state index contributed by atoms with van der Waals surface area (Å²) in [6, 6.07) is 8.23. The van der Waals surface area contributed by atoms with Gasteiger partial charge in [-0.15, -0.1) is 0 Å². The summed E-state index contributed by atoms with van der Waals surface area (Å²) < 4.78 is 31.8. The molecule has 186 valence electrons. The van der Waals surface area contributed by atoms with E-state index >= 15 is 4.39 Å². The number of pyridine rings is 1. The number of piperidine rings is 1. The number of carbonyl (C=O) groups excluding carboxylic acids is 1. The number of nitrogens with one attached hydrogen (secondary N) is 1. The van der Waals surface area contributed by atoms with Gasteiger partial charge >= 0.3 is 0 Å². The van der Waals surface area contributed by atoms with Crippen LogP contribution in [-0.4, -0.2) is 62.4 Å². The highest BCUT2D eigenvalue weighted by molar-refractivity contribution is 5.95. The van der Waals surface area contributed by atoms with E-state index in [2.05, 4.69) is 31.2 Å². The van der Waals surface area contributed by atoms with Crippen molar-refractivity contribution in [2.24, 2.45) is 0 Å². The van der Waals surface area contributed by atoms with Gasteiger partial charge in [0.25, 0.3) is 5.91 Å². The molecule has 1 aliphatic rings. The van der Waals surface area contributed by atoms with Crippen molar-refractivity contribution in [2.75, 3.05) is 32.5 Å². The highest BCUT2D eigenvalue weighted by Crippen LogP contribution is 2.33. The van der Waals surface area contributed by atoms with E-state index in [1.54, 1.807) is 20.3 Å². The number of nitrogens with zero attached hydrogens (tertiary/aromatic N) is 6. The van der Waals surface area contributed by atoms with E-state index < -0.39 is 11.6 Å². The third-order valence-corrected chi connectivity index (χ3v) is 6.52. The average molecular weight is 492 g/mol. The predicted octanol–water partition coefficient (Wildman–Crippen LogP) is 4.39. The molecule has 1 aromatic carbocycles. The molecule has 1 amide bonds. The molecule has 0 unspecified atom stereocenters. The van der Waals surface area contributed by atoms with Gasteiger partial charge in [-0.25, -0.2) is 18.7 Å². The minimum Gasteiger partial charge on any atom is -0.345 e. The molecule has 1 fully saturated rings. The maximum Gasteiger partial charge on any atom is 0.253 e. The molecule has 1 aliphatic heterocycles. The van der Waals surface area contributed by atoms with Crippen LogP contribution in [-0.2, 0) is 6.54 Å². The first-order valence-electron chi connectivity index (χ1n) is 11.8. The minimum atomic E-state index is -0.629. The van der Waals surface area contributed by atoms with Crippen molar-refractivity contribution in [3.8, 4) is 0 Å². The molecule has 4 aromatic rings. The number of hydrogen-bond acceptors (Lipinski definition) is 6. The molecule has 1 N–H and O–H groups in total. The van der Waals surface area contributed by atoms with Crippen LogP contribution in [0.3, 0.4) is 0 Å². The van der Waals surface area contributed by atoms with Gasteiger partial charge in [0, 0.05) is 63.9 Å². The lowest BCUT2D eigenvalue weighted by molar-refractivity contribution is 0.0827. The highest BCUT2D eigenvalue weighted by Gasteiger charge is 2.25. The Balaban J connectivity index is 1.35. The number of aromatic nitrogens is 4. The van der Waals surface area contributed by atoms with Gasteiger partial charge in [0.15, 0.2) is 5.82 Å². The number of amides is 1. The molecular weight excluding hydrogens is 464 g/mol. The van der Waals surface area contributed by atoms with Crippen LogP contribution in [0.4, 0.5) is 20.3 Å². The van der Waals surface area contributed by atoms with Crippen LogP contribution in [0.2, 0.25) is 0 Å². The molecule has 5 rings (SSSR count). The molecule has 0 saturated carbocycles. The number of likely N-dealkylation sites (tertiary alicyclic amines) is 1. The summed E-state index contributed by atoms with van der Waals surface area (Å²) in [5, 5.41) is 3.09. The molecular formula is C26H27F2N7O. The van der Waals surface area contributed by atoms with E-state index in [0.29, 0.717) is 5.65 Å². The van der Waals surface area contributed by atoms with Crippen LogP contribution in [0.15, 0.2) is 55.2 Å². The molecule has 4 heterocycles. The molecule has 1 saturated heterocycles. The Morgan fingerprint density at radius 1 is 1.14 bits per heavy atom. The smallest absolute Gasteiger partial charge is 0.253 e. The Kier molecular flexibility index (Phi) is 6.60. The Bertz CT molecular complexity index is 1380. The Hall–Kier alpha value is -3.92. The summed E-state index contributed by atoms with van der Waals surface area (Å²) in [7, 11) is 3.20. The van der Waals surface area contributed by atoms with Gasteiger partial charge in [0.05, 0.1) is 11.1 Å². The third kappa shape index (κ3) is 4.76. The fourth-order valence-corrected chi connectivity index (χ4v) is 4.65. The minimum absolute atomic E-state index is 0.0953. The number of benzene rings is 1. The zero-order chi connectivity index (χ0) is 25.2. The SMILES string of the molecule is CN(C)C(=O)c1ccc(Nc2ncnc3c2c(F)cn3C2CCN(Cc3cccnc3)CC2)c(F)c1. The molecule has 0 radical (unpaired) electrons. The zero-order valence-corrected chi connectivity index (χ0v) is 20.2. The van der Waals surface area contributed by atoms with Gasteiger partial charge in [0.1, 0.15) is 23.6 Å². The quantitative estimate of drug-likeness (QED) is 0.431. The summed E-state index contributed by atoms with van der Waals surface area (Å²) in [6.45, 7) is 2.59. The van der Waals surface area contributed by atoms with Crippen molar-refractivity contribution in [1.29, 1.82) is 0 Å². The molecule has 0 bridgehead atoms. The standard InChI is InChI=1S/C26H27F2N7O/c1-33(2)26(36)18-5-6-22(20(27)12-18)32-24-23-21(28)15-35(25(23)31-16-30-24)19-7-10-34(11-8-19)14-17-4-3-9-29-13-17/h3-6,9,12-13,15-16,19H,7-8,10-11,14H2,1-2H3,(H,30,31,32). The van der Waals surface area contributed by atoms with Crippen LogP contribution in [0.1, 0.15) is 34.8 Å². The number of hydrogen-bond donors (Lipinski definition) is 1. The van der Waals surface area contributed by atoms with Gasteiger partial charge in [-0.05, 0) is 42.7 Å². The summed E-state index contributed by atoms with van der Waals surface area (Å²) >= 11 is 0. The van der Waals surface area contributed by atoms with Crippen molar-refractivity contribution in [1.82, 2.24) is 29.3 Å². The normalized spacial score (nSPS) is 14.8. The van der Waals surface area contributed by atoms with Crippen LogP contribution in [0, 0.1) is 11.6 Å². The first-order chi connectivity index (χ1) is 17.4. The van der Waals surface area contributed by atoms with Gasteiger partial charge in [0.2, 0.25) is 0 Å². The maximum absolute atomic E-state index is 15.1. The third-order valence-electron chi connectivity index (χ3n) is 6.52. The zero-order valence-electron chi connectivity index (χ0n) is 20.2. The Labute approximate surface area is 207 Å². The second-order valence-corrected chi connectivity index (χ2v) is 9.19. The maximum atomic E-state index is 15.1. The lowest BCUT2D eigenvalue weighted by atomic mass is 10.0. The molecule has 0 atom stereocenters. The molecule has 0 aliphatic carbocycles. The van der Waals surface area contributed by atoms with E-state index in [-0.39, 0.29) is 34.4 Å². The lowest BCUT2D eigenvalue weighted by Gasteiger charge is -2.32. The monoisotopic (exact) mass is 491 g/mol. The summed E-state index contributed by atoms with van der Waals surface area (Å²) in [4.78, 5) is 28.6. The first-order valence-corrected chi connectivity index (χ1v) is 11.8. The van der Waals surface area contributed by atoms with Gasteiger partial charge < -0.3 is 14.8 Å². The Morgan fingerprint density at radius 3 is 2.64 bits per heavy atom. The van der Waals surface area contributed by atoms with E-state index in [4.69, 9.17) is 0 Å². The van der Waals surface area contributed by atoms with Crippen LogP contribution in [0.25, 0.3) is 11.0 Å². The van der Waals surface area contributed by atoms with Gasteiger partial charge in [-0.1, -0.05) is 6.07 Å². The molecule has 3 aromatic heterocycles. The average Bonchev–Trinajstić information content (AvgIpc) is 3.23. The van der Waals surface area contributed by atoms with E-state index in [0.717, 1.165) is 38.5 Å². The topological polar surface area (TPSA) is 79.2 Å². The molecule has 36 heavy (non-hydrogen) atoms. The highest BCUT2D eigenvalue weighted by atomic mass is 19.1. The molecule has 0 spiro atoms. The molecule has 8 nitrogen and oxygen atoms in total. The lowest BCUT2D eigenvalue weighted by Crippen LogP contribution is -2.34. The van der Waals surface area contributed by atoms with Crippen molar-refractivity contribution < 1.29 is 13.6 Å². The fourth-order valence-electron chi connectivity index (χ4n) is 4.65. The van der Waals surface area contributed by atoms with Crippen molar-refractivity contribution in [3.63, 3.8) is 0 Å². The number of halogens is 2. The van der Waals surface area contributed by atoms with Crippen LogP contribution >= 0.6 is 0 Å². The summed E-state index contributed by atoms with van der Waals surface area (Å²) in [5.41, 5.74) is 1.96. The van der Waals surface area contributed by atoms with E-state index in [9.17, 15) is 9.18 Å². The summed E-state index contributed by atoms with van der Waals surface area (Å²) in [5.74, 6) is -1.23. The second kappa shape index (κ2) is 9.98. The van der Waals surface area contributed by atoms with Crippen LogP contribution < -0.4 is 5.32 Å². The first kappa shape index (κ1) is 23.8. The van der Waals surface area contributed by atoms with E-state index in [1.807, 2.05) is 16.8 Å². The van der Waals surface area contributed by atoms with Crippen molar-refractivity contribution >= 4 is 28.4 Å². The van der Waals surface area contributed by atoms with Gasteiger partial charge in [-0.2, -0.15) is 0 Å². The number of anilines is 2. The van der Waals surface area contributed by atoms with Crippen molar-refractivity contribution in [2.45, 2.75) is 25.4 Å². The number of rotatable bonds is 6. The Morgan fingerprint density at radius 2 is 1.94 bits per heavy atom. The van der Waals surface area contributed by atoms with Crippen molar-refractivity contribution in [3.05, 3.63) is 78.0 Å². The van der Waals surface area contributed by atoms with Crippen LogP contribution in [0.5, 0.6) is 0 Å². The predicted molar refractivity (Wildman–Crippen MR) is 133 cm³/mol. The van der Waals surface area contributed by atoms with Gasteiger partial charge in [-0.3, -0.25) is 14.7 Å². The number of fused-ring (bicyclic) bond motifs is 1.